The molecule has 2 aromatic rings. The molecule has 0 unspecified atom stereocenters. The van der Waals surface area contributed by atoms with Gasteiger partial charge in [0.05, 0.1) is 14.2 Å². The lowest BCUT2D eigenvalue weighted by Crippen LogP contribution is -2.31. The second kappa shape index (κ2) is 11.5. The van der Waals surface area contributed by atoms with Crippen LogP contribution >= 0.6 is 0 Å². The van der Waals surface area contributed by atoms with Crippen LogP contribution in [0.15, 0.2) is 35.4 Å². The van der Waals surface area contributed by atoms with Gasteiger partial charge in [-0.15, -0.1) is 0 Å². The van der Waals surface area contributed by atoms with Crippen LogP contribution in [0.4, 0.5) is 0 Å². The van der Waals surface area contributed by atoms with E-state index in [0.717, 1.165) is 0 Å². The van der Waals surface area contributed by atoms with E-state index >= 15 is 0 Å². The molecule has 0 radical (unpaired) electrons. The Morgan fingerprint density at radius 2 is 1.10 bits per heavy atom. The van der Waals surface area contributed by atoms with Crippen molar-refractivity contribution in [2.45, 2.75) is 53.8 Å². The predicted octanol–water partition coefficient (Wildman–Crippen LogP) is 6.22. The molecule has 0 aromatic heterocycles. The fourth-order valence-corrected chi connectivity index (χ4v) is 5.53. The van der Waals surface area contributed by atoms with Crippen molar-refractivity contribution >= 4 is 11.9 Å². The summed E-state index contributed by atoms with van der Waals surface area (Å²) in [7, 11) is 3.05. The number of carbonyl (C=O) groups excluding carboxylic acids is 2. The molecule has 4 atom stereocenters. The average molecular weight is 581 g/mol. The highest BCUT2D eigenvalue weighted by molar-refractivity contribution is 5.92. The molecular weight excluding hydrogens is 544 g/mol. The Balaban J connectivity index is 1.89. The third-order valence-electron chi connectivity index (χ3n) is 8.33. The van der Waals surface area contributed by atoms with Crippen LogP contribution in [0.3, 0.4) is 0 Å². The van der Waals surface area contributed by atoms with Crippen molar-refractivity contribution in [3.05, 3.63) is 46.6 Å². The van der Waals surface area contributed by atoms with Gasteiger partial charge in [0, 0.05) is 45.2 Å². The first kappa shape index (κ1) is 29.2. The Hall–Kier alpha value is -4.34. The van der Waals surface area contributed by atoms with E-state index in [1.54, 1.807) is 39.8 Å². The zero-order chi connectivity index (χ0) is 30.3. The number of methoxy groups -OCH3 is 2. The zero-order valence-electron chi connectivity index (χ0n) is 25.1. The molecule has 224 valence electrons. The molecule has 0 saturated heterocycles. The SMILES string of the molecule is C/C=C(/C)C(=O)O[C@H]1c2cc3c(c(OC)c2-c2c(cc4c(c2OC)OCO4)[C@H](OC(=O)/C(C)=C/C)[C@H](C)[C@@H]1C)OCO3. The number of carbonyl (C=O) groups is 2. The summed E-state index contributed by atoms with van der Waals surface area (Å²) in [5, 5.41) is 0. The summed E-state index contributed by atoms with van der Waals surface area (Å²) in [5.74, 6) is 0.795. The zero-order valence-corrected chi connectivity index (χ0v) is 25.1. The van der Waals surface area contributed by atoms with Gasteiger partial charge in [0.1, 0.15) is 12.2 Å². The van der Waals surface area contributed by atoms with Gasteiger partial charge in [-0.2, -0.15) is 0 Å². The summed E-state index contributed by atoms with van der Waals surface area (Å²) >= 11 is 0. The molecule has 0 fully saturated rings. The van der Waals surface area contributed by atoms with Crippen LogP contribution in [0.25, 0.3) is 11.1 Å². The number of ether oxygens (including phenoxy) is 8. The summed E-state index contributed by atoms with van der Waals surface area (Å²) < 4.78 is 47.7. The number of esters is 2. The van der Waals surface area contributed by atoms with E-state index in [1.165, 1.54) is 14.2 Å². The van der Waals surface area contributed by atoms with E-state index in [2.05, 4.69) is 0 Å². The molecule has 10 heteroatoms. The van der Waals surface area contributed by atoms with Crippen LogP contribution in [-0.4, -0.2) is 39.7 Å². The maximum Gasteiger partial charge on any atom is 0.333 e. The Morgan fingerprint density at radius 1 is 0.714 bits per heavy atom. The molecule has 2 heterocycles. The Labute approximate surface area is 245 Å². The smallest absolute Gasteiger partial charge is 0.333 e. The van der Waals surface area contributed by atoms with Crippen LogP contribution in [0.1, 0.15) is 64.9 Å². The molecular formula is C32H36O10. The molecule has 0 spiro atoms. The van der Waals surface area contributed by atoms with Crippen molar-refractivity contribution in [2.24, 2.45) is 11.8 Å². The van der Waals surface area contributed by atoms with E-state index in [9.17, 15) is 9.59 Å². The Morgan fingerprint density at radius 3 is 1.43 bits per heavy atom. The van der Waals surface area contributed by atoms with Crippen molar-refractivity contribution < 1.29 is 47.5 Å². The Bertz CT molecular complexity index is 1380. The lowest BCUT2D eigenvalue weighted by molar-refractivity contribution is -0.156. The molecule has 0 bridgehead atoms. The van der Waals surface area contributed by atoms with Gasteiger partial charge in [-0.05, 0) is 39.8 Å². The average Bonchev–Trinajstić information content (AvgIpc) is 3.68. The minimum atomic E-state index is -0.798. The van der Waals surface area contributed by atoms with Gasteiger partial charge in [0.2, 0.25) is 25.1 Å². The molecule has 5 rings (SSSR count). The topological polar surface area (TPSA) is 108 Å². The maximum absolute atomic E-state index is 13.3. The van der Waals surface area contributed by atoms with E-state index < -0.39 is 24.1 Å². The van der Waals surface area contributed by atoms with Crippen LogP contribution in [-0.2, 0) is 19.1 Å². The van der Waals surface area contributed by atoms with E-state index in [0.29, 0.717) is 67.9 Å². The second-order valence-electron chi connectivity index (χ2n) is 10.5. The molecule has 1 aliphatic carbocycles. The first-order chi connectivity index (χ1) is 20.2. The van der Waals surface area contributed by atoms with Crippen LogP contribution in [0.2, 0.25) is 0 Å². The molecule has 2 aliphatic heterocycles. The normalized spacial score (nSPS) is 22.4. The Kier molecular flexibility index (Phi) is 7.99. The molecule has 3 aliphatic rings. The van der Waals surface area contributed by atoms with Crippen LogP contribution in [0, 0.1) is 11.8 Å². The van der Waals surface area contributed by atoms with E-state index in [-0.39, 0.29) is 25.4 Å². The third-order valence-corrected chi connectivity index (χ3v) is 8.33. The number of fused-ring (bicyclic) bond motifs is 5. The summed E-state index contributed by atoms with van der Waals surface area (Å²) in [6.07, 6.45) is 1.80. The first-order valence-corrected chi connectivity index (χ1v) is 13.9. The van der Waals surface area contributed by atoms with Gasteiger partial charge in [0.15, 0.2) is 23.0 Å². The van der Waals surface area contributed by atoms with E-state index in [1.807, 2.05) is 26.0 Å². The highest BCUT2D eigenvalue weighted by Crippen LogP contribution is 2.61. The van der Waals surface area contributed by atoms with Crippen molar-refractivity contribution in [3.8, 4) is 45.6 Å². The van der Waals surface area contributed by atoms with Crippen molar-refractivity contribution in [3.63, 3.8) is 0 Å². The number of hydrogen-bond acceptors (Lipinski definition) is 10. The van der Waals surface area contributed by atoms with Gasteiger partial charge >= 0.3 is 11.9 Å². The fourth-order valence-electron chi connectivity index (χ4n) is 5.53. The highest BCUT2D eigenvalue weighted by Gasteiger charge is 2.45. The van der Waals surface area contributed by atoms with Gasteiger partial charge in [-0.3, -0.25) is 0 Å². The van der Waals surface area contributed by atoms with Crippen LogP contribution < -0.4 is 28.4 Å². The maximum atomic E-state index is 13.3. The number of benzene rings is 2. The quantitative estimate of drug-likeness (QED) is 0.289. The number of allylic oxidation sites excluding steroid dienone is 2. The number of rotatable bonds is 6. The second-order valence-corrected chi connectivity index (χ2v) is 10.5. The summed E-state index contributed by atoms with van der Waals surface area (Å²) in [4.78, 5) is 26.5. The molecule has 0 amide bonds. The molecule has 42 heavy (non-hydrogen) atoms. The van der Waals surface area contributed by atoms with Crippen molar-refractivity contribution in [1.29, 1.82) is 0 Å². The first-order valence-electron chi connectivity index (χ1n) is 13.9. The van der Waals surface area contributed by atoms with Crippen molar-refractivity contribution in [1.82, 2.24) is 0 Å². The summed E-state index contributed by atoms with van der Waals surface area (Å²) in [5.41, 5.74) is 3.26. The monoisotopic (exact) mass is 580 g/mol. The predicted molar refractivity (Wildman–Crippen MR) is 152 cm³/mol. The van der Waals surface area contributed by atoms with Crippen molar-refractivity contribution in [2.75, 3.05) is 27.8 Å². The van der Waals surface area contributed by atoms with Gasteiger partial charge < -0.3 is 37.9 Å². The third kappa shape index (κ3) is 4.68. The summed E-state index contributed by atoms with van der Waals surface area (Å²) in [6, 6.07) is 3.63. The van der Waals surface area contributed by atoms with E-state index in [4.69, 9.17) is 37.9 Å². The minimum absolute atomic E-state index is 0.00330. The molecule has 0 N–H and O–H groups in total. The largest absolute Gasteiger partial charge is 0.492 e. The fraction of sp³-hybridized carbons (Fsp3) is 0.438. The van der Waals surface area contributed by atoms with Gasteiger partial charge in [-0.1, -0.05) is 26.0 Å². The molecule has 2 aromatic carbocycles. The lowest BCUT2D eigenvalue weighted by Gasteiger charge is -2.38. The summed E-state index contributed by atoms with van der Waals surface area (Å²) in [6.45, 7) is 10.9. The van der Waals surface area contributed by atoms with Crippen LogP contribution in [0.5, 0.6) is 34.5 Å². The minimum Gasteiger partial charge on any atom is -0.492 e. The van der Waals surface area contributed by atoms with Gasteiger partial charge in [-0.25, -0.2) is 9.59 Å². The highest BCUT2D eigenvalue weighted by atomic mass is 16.7. The molecule has 0 saturated carbocycles. The number of hydrogen-bond donors (Lipinski definition) is 0. The standard InChI is InChI=1S/C32H36O10/c1-9-15(3)31(33)41-25-17(5)18(6)26(42-32(34)16(4)10-2)20-12-22-28(40-14-38-22)30(36-8)24(20)23-19(25)11-21-27(29(23)35-7)39-13-37-21/h9-12,17-18,25-26H,13-14H2,1-8H3/b15-9-,16-10+/t17-,18+,25+,26+/m0/s1. The van der Waals surface area contributed by atoms with Gasteiger partial charge in [0.25, 0.3) is 0 Å². The molecule has 10 nitrogen and oxygen atoms in total. The lowest BCUT2D eigenvalue weighted by atomic mass is 9.74.